The highest BCUT2D eigenvalue weighted by Gasteiger charge is 2.11. The normalized spacial score (nSPS) is 10.8. The summed E-state index contributed by atoms with van der Waals surface area (Å²) in [7, 11) is 0. The third-order valence-electron chi connectivity index (χ3n) is 2.72. The number of nitrogens with two attached hydrogens (primary N) is 1. The molecule has 0 aliphatic carbocycles. The summed E-state index contributed by atoms with van der Waals surface area (Å²) in [5.74, 6) is -0.336. The number of halogens is 1. The predicted molar refractivity (Wildman–Crippen MR) is 63.8 cm³/mol. The van der Waals surface area contributed by atoms with Crippen molar-refractivity contribution in [1.82, 2.24) is 9.78 Å². The highest BCUT2D eigenvalue weighted by molar-refractivity contribution is 5.35. The van der Waals surface area contributed by atoms with Crippen LogP contribution in [0.25, 0.3) is 5.69 Å². The first-order valence-electron chi connectivity index (χ1n) is 5.40. The monoisotopic (exact) mass is 235 g/mol. The van der Waals surface area contributed by atoms with Gasteiger partial charge in [0.05, 0.1) is 5.69 Å². The molecule has 0 spiro atoms. The van der Waals surface area contributed by atoms with Crippen LogP contribution < -0.4 is 11.3 Å². The summed E-state index contributed by atoms with van der Waals surface area (Å²) < 4.78 is 14.7. The van der Waals surface area contributed by atoms with Crippen LogP contribution in [0.1, 0.15) is 11.3 Å². The summed E-state index contributed by atoms with van der Waals surface area (Å²) in [6, 6.07) is 6.07. The standard InChI is InChI=1S/C12H14FN3O/c1-8-11(5-6-14)12(17)15-16(8)10-4-2-3-9(13)7-10/h2-4,7H,5-6,14H2,1H3,(H,15,17). The maximum absolute atomic E-state index is 13.1. The Balaban J connectivity index is 2.54. The molecule has 0 fully saturated rings. The number of aromatic nitrogens is 2. The number of rotatable bonds is 3. The van der Waals surface area contributed by atoms with Gasteiger partial charge in [-0.2, -0.15) is 0 Å². The van der Waals surface area contributed by atoms with Gasteiger partial charge in [0.1, 0.15) is 5.82 Å². The number of aromatic amines is 1. The molecule has 4 nitrogen and oxygen atoms in total. The second-order valence-electron chi connectivity index (χ2n) is 3.86. The molecule has 3 N–H and O–H groups in total. The fourth-order valence-electron chi connectivity index (χ4n) is 1.86. The lowest BCUT2D eigenvalue weighted by molar-refractivity contribution is 0.625. The van der Waals surface area contributed by atoms with Crippen LogP contribution in [0.15, 0.2) is 29.1 Å². The first kappa shape index (κ1) is 11.6. The third kappa shape index (κ3) is 2.14. The van der Waals surface area contributed by atoms with Crippen LogP contribution in [-0.2, 0) is 6.42 Å². The largest absolute Gasteiger partial charge is 0.330 e. The van der Waals surface area contributed by atoms with Crippen molar-refractivity contribution in [3.05, 3.63) is 51.7 Å². The average molecular weight is 235 g/mol. The van der Waals surface area contributed by atoms with E-state index in [1.807, 2.05) is 6.92 Å². The summed E-state index contributed by atoms with van der Waals surface area (Å²) in [5.41, 5.74) is 7.30. The van der Waals surface area contributed by atoms with Gasteiger partial charge in [0, 0.05) is 11.3 Å². The predicted octanol–water partition coefficient (Wildman–Crippen LogP) is 1.11. The van der Waals surface area contributed by atoms with Gasteiger partial charge in [0.2, 0.25) is 0 Å². The molecule has 5 heteroatoms. The minimum absolute atomic E-state index is 0.169. The van der Waals surface area contributed by atoms with E-state index in [9.17, 15) is 9.18 Å². The fraction of sp³-hybridized carbons (Fsp3) is 0.250. The van der Waals surface area contributed by atoms with Crippen molar-refractivity contribution >= 4 is 0 Å². The summed E-state index contributed by atoms with van der Waals surface area (Å²) in [6.45, 7) is 2.23. The average Bonchev–Trinajstić information content (AvgIpc) is 2.57. The molecule has 17 heavy (non-hydrogen) atoms. The number of H-pyrrole nitrogens is 1. The zero-order chi connectivity index (χ0) is 12.4. The Hall–Kier alpha value is -1.88. The second-order valence-corrected chi connectivity index (χ2v) is 3.86. The van der Waals surface area contributed by atoms with Gasteiger partial charge < -0.3 is 5.73 Å². The molecule has 0 amide bonds. The lowest BCUT2D eigenvalue weighted by Gasteiger charge is -2.05. The smallest absolute Gasteiger partial charge is 0.267 e. The first-order valence-corrected chi connectivity index (χ1v) is 5.40. The van der Waals surface area contributed by atoms with Crippen LogP contribution in [0.3, 0.4) is 0 Å². The summed E-state index contributed by atoms with van der Waals surface area (Å²) in [6.07, 6.45) is 0.517. The molecule has 1 heterocycles. The molecule has 0 unspecified atom stereocenters. The molecular formula is C12H14FN3O. The van der Waals surface area contributed by atoms with Crippen LogP contribution >= 0.6 is 0 Å². The van der Waals surface area contributed by atoms with E-state index in [-0.39, 0.29) is 11.4 Å². The van der Waals surface area contributed by atoms with Gasteiger partial charge in [0.25, 0.3) is 5.56 Å². The Morgan fingerprint density at radius 2 is 2.24 bits per heavy atom. The molecule has 0 saturated carbocycles. The van der Waals surface area contributed by atoms with Gasteiger partial charge in [-0.3, -0.25) is 14.6 Å². The van der Waals surface area contributed by atoms with Crippen molar-refractivity contribution in [3.8, 4) is 5.69 Å². The number of nitrogens with one attached hydrogen (secondary N) is 1. The molecule has 0 aliphatic rings. The van der Waals surface area contributed by atoms with Gasteiger partial charge in [-0.15, -0.1) is 0 Å². The number of benzene rings is 1. The fourth-order valence-corrected chi connectivity index (χ4v) is 1.86. The molecule has 0 atom stereocenters. The molecule has 2 rings (SSSR count). The Morgan fingerprint density at radius 1 is 1.47 bits per heavy atom. The van der Waals surface area contributed by atoms with Crippen LogP contribution in [0.5, 0.6) is 0 Å². The second kappa shape index (κ2) is 4.55. The van der Waals surface area contributed by atoms with Crippen molar-refractivity contribution in [2.24, 2.45) is 5.73 Å². The summed E-state index contributed by atoms with van der Waals surface area (Å²) in [5, 5.41) is 2.68. The van der Waals surface area contributed by atoms with E-state index < -0.39 is 0 Å². The van der Waals surface area contributed by atoms with Crippen LogP contribution in [0.4, 0.5) is 4.39 Å². The van der Waals surface area contributed by atoms with Crippen molar-refractivity contribution in [3.63, 3.8) is 0 Å². The van der Waals surface area contributed by atoms with Gasteiger partial charge in [-0.25, -0.2) is 4.39 Å². The highest BCUT2D eigenvalue weighted by atomic mass is 19.1. The molecule has 0 radical (unpaired) electrons. The van der Waals surface area contributed by atoms with Crippen molar-refractivity contribution in [2.45, 2.75) is 13.3 Å². The van der Waals surface area contributed by atoms with E-state index in [1.165, 1.54) is 12.1 Å². The Labute approximate surface area is 97.9 Å². The summed E-state index contributed by atoms with van der Waals surface area (Å²) in [4.78, 5) is 11.7. The number of nitrogens with zero attached hydrogens (tertiary/aromatic N) is 1. The molecule has 1 aromatic carbocycles. The first-order chi connectivity index (χ1) is 8.13. The minimum atomic E-state index is -0.336. The van der Waals surface area contributed by atoms with E-state index in [0.717, 1.165) is 5.69 Å². The van der Waals surface area contributed by atoms with Crippen molar-refractivity contribution in [1.29, 1.82) is 0 Å². The number of hydrogen-bond acceptors (Lipinski definition) is 2. The lowest BCUT2D eigenvalue weighted by Crippen LogP contribution is -2.12. The zero-order valence-electron chi connectivity index (χ0n) is 9.53. The molecular weight excluding hydrogens is 221 g/mol. The molecule has 1 aromatic heterocycles. The Bertz CT molecular complexity index is 586. The molecule has 0 aliphatic heterocycles. The number of hydrogen-bond donors (Lipinski definition) is 2. The highest BCUT2D eigenvalue weighted by Crippen LogP contribution is 2.12. The van der Waals surface area contributed by atoms with Gasteiger partial charge in [0.15, 0.2) is 0 Å². The van der Waals surface area contributed by atoms with Gasteiger partial charge in [-0.05, 0) is 38.1 Å². The van der Waals surface area contributed by atoms with Crippen LogP contribution in [-0.4, -0.2) is 16.3 Å². The maximum Gasteiger partial charge on any atom is 0.267 e. The maximum atomic E-state index is 13.1. The summed E-state index contributed by atoms with van der Waals surface area (Å²) >= 11 is 0. The van der Waals surface area contributed by atoms with Crippen molar-refractivity contribution < 1.29 is 4.39 Å². The molecule has 2 aromatic rings. The minimum Gasteiger partial charge on any atom is -0.330 e. The quantitative estimate of drug-likeness (QED) is 0.837. The topological polar surface area (TPSA) is 63.8 Å². The van der Waals surface area contributed by atoms with E-state index in [0.29, 0.717) is 24.2 Å². The van der Waals surface area contributed by atoms with Crippen LogP contribution in [0.2, 0.25) is 0 Å². The van der Waals surface area contributed by atoms with Crippen molar-refractivity contribution in [2.75, 3.05) is 6.54 Å². The molecule has 0 saturated heterocycles. The molecule has 0 bridgehead atoms. The lowest BCUT2D eigenvalue weighted by atomic mass is 10.2. The Morgan fingerprint density at radius 3 is 2.88 bits per heavy atom. The van der Waals surface area contributed by atoms with Gasteiger partial charge in [-0.1, -0.05) is 6.07 Å². The van der Waals surface area contributed by atoms with Gasteiger partial charge >= 0.3 is 0 Å². The third-order valence-corrected chi connectivity index (χ3v) is 2.72. The SMILES string of the molecule is Cc1c(CCN)c(=O)[nH]n1-c1cccc(F)c1. The van der Waals surface area contributed by atoms with E-state index in [1.54, 1.807) is 16.8 Å². The zero-order valence-corrected chi connectivity index (χ0v) is 9.53. The van der Waals surface area contributed by atoms with Crippen LogP contribution in [0, 0.1) is 12.7 Å². The van der Waals surface area contributed by atoms with E-state index >= 15 is 0 Å². The Kier molecular flexibility index (Phi) is 3.10. The molecule has 90 valence electrons. The van der Waals surface area contributed by atoms with E-state index in [2.05, 4.69) is 5.10 Å². The van der Waals surface area contributed by atoms with E-state index in [4.69, 9.17) is 5.73 Å².